The van der Waals surface area contributed by atoms with Crippen LogP contribution >= 0.6 is 11.6 Å². The summed E-state index contributed by atoms with van der Waals surface area (Å²) in [6.07, 6.45) is 1.34. The first-order chi connectivity index (χ1) is 12.9. The molecule has 3 heterocycles. The minimum Gasteiger partial charge on any atom is -0.619 e. The molecule has 0 bridgehead atoms. The van der Waals surface area contributed by atoms with Crippen LogP contribution in [0.5, 0.6) is 0 Å². The zero-order valence-corrected chi connectivity index (χ0v) is 14.9. The van der Waals surface area contributed by atoms with Crippen molar-refractivity contribution in [3.8, 4) is 0 Å². The largest absolute Gasteiger partial charge is 0.619 e. The quantitative estimate of drug-likeness (QED) is 0.456. The SMILES string of the molecule is CC(c1cc[n+]([O-])cc1)N1NC(O)c2[nH]c3cc(Cl)ccc3c(=O)c2C1=O. The Hall–Kier alpha value is -2.94. The van der Waals surface area contributed by atoms with Gasteiger partial charge in [0, 0.05) is 22.5 Å². The molecule has 3 N–H and O–H groups in total. The Morgan fingerprint density at radius 3 is 2.67 bits per heavy atom. The van der Waals surface area contributed by atoms with Crippen molar-refractivity contribution in [2.24, 2.45) is 0 Å². The number of rotatable bonds is 2. The van der Waals surface area contributed by atoms with Crippen LogP contribution < -0.4 is 15.6 Å². The van der Waals surface area contributed by atoms with E-state index in [-0.39, 0.29) is 11.3 Å². The predicted octanol–water partition coefficient (Wildman–Crippen LogP) is 1.53. The van der Waals surface area contributed by atoms with Crippen molar-refractivity contribution in [3.63, 3.8) is 0 Å². The van der Waals surface area contributed by atoms with Crippen molar-refractivity contribution in [1.82, 2.24) is 15.4 Å². The first-order valence-electron chi connectivity index (χ1n) is 8.19. The second-order valence-electron chi connectivity index (χ2n) is 6.31. The average molecular weight is 387 g/mol. The maximum absolute atomic E-state index is 13.0. The first-order valence-corrected chi connectivity index (χ1v) is 8.56. The van der Waals surface area contributed by atoms with Crippen LogP contribution in [0.25, 0.3) is 10.9 Å². The highest BCUT2D eigenvalue weighted by atomic mass is 35.5. The third kappa shape index (κ3) is 2.84. The lowest BCUT2D eigenvalue weighted by molar-refractivity contribution is -0.605. The molecule has 4 rings (SSSR count). The fourth-order valence-electron chi connectivity index (χ4n) is 3.21. The van der Waals surface area contributed by atoms with Gasteiger partial charge in [-0.25, -0.2) is 0 Å². The summed E-state index contributed by atoms with van der Waals surface area (Å²) in [5.74, 6) is -0.570. The molecule has 0 aliphatic carbocycles. The van der Waals surface area contributed by atoms with Crippen LogP contribution in [0.3, 0.4) is 0 Å². The van der Waals surface area contributed by atoms with Crippen LogP contribution in [0.2, 0.25) is 5.02 Å². The van der Waals surface area contributed by atoms with E-state index in [1.807, 2.05) is 0 Å². The van der Waals surface area contributed by atoms with Crippen LogP contribution in [0, 0.1) is 5.21 Å². The Kier molecular flexibility index (Phi) is 4.11. The van der Waals surface area contributed by atoms with Gasteiger partial charge in [0.05, 0.1) is 17.3 Å². The van der Waals surface area contributed by atoms with Gasteiger partial charge < -0.3 is 15.3 Å². The number of nitrogens with one attached hydrogen (secondary N) is 2. The van der Waals surface area contributed by atoms with Crippen molar-refractivity contribution in [2.45, 2.75) is 19.2 Å². The molecule has 2 aromatic heterocycles. The van der Waals surface area contributed by atoms with E-state index in [4.69, 9.17) is 11.6 Å². The molecule has 1 aliphatic rings. The molecule has 0 saturated carbocycles. The molecular formula is C18H15ClN4O4. The van der Waals surface area contributed by atoms with Gasteiger partial charge in [-0.05, 0) is 30.7 Å². The number of aromatic nitrogens is 2. The number of halogens is 1. The van der Waals surface area contributed by atoms with Gasteiger partial charge in [0.25, 0.3) is 5.91 Å². The molecule has 27 heavy (non-hydrogen) atoms. The molecule has 9 heteroatoms. The molecule has 8 nitrogen and oxygen atoms in total. The van der Waals surface area contributed by atoms with Gasteiger partial charge >= 0.3 is 0 Å². The first kappa shape index (κ1) is 17.5. The van der Waals surface area contributed by atoms with Crippen molar-refractivity contribution in [1.29, 1.82) is 0 Å². The summed E-state index contributed by atoms with van der Waals surface area (Å²) < 4.78 is 0.633. The molecule has 2 unspecified atom stereocenters. The number of aliphatic hydroxyl groups is 1. The van der Waals surface area contributed by atoms with Gasteiger partial charge in [-0.1, -0.05) is 11.6 Å². The fourth-order valence-corrected chi connectivity index (χ4v) is 3.39. The number of hydrogen-bond acceptors (Lipinski definition) is 5. The van der Waals surface area contributed by atoms with E-state index >= 15 is 0 Å². The number of pyridine rings is 2. The number of fused-ring (bicyclic) bond motifs is 2. The highest BCUT2D eigenvalue weighted by molar-refractivity contribution is 6.31. The number of aliphatic hydroxyl groups excluding tert-OH is 1. The molecule has 1 aromatic carbocycles. The normalized spacial score (nSPS) is 17.8. The maximum Gasteiger partial charge on any atom is 0.274 e. The minimum absolute atomic E-state index is 0.0914. The van der Waals surface area contributed by atoms with Gasteiger partial charge in [-0.15, -0.1) is 0 Å². The molecule has 0 radical (unpaired) electrons. The Labute approximate surface area is 158 Å². The summed E-state index contributed by atoms with van der Waals surface area (Å²) in [6.45, 7) is 1.72. The number of nitrogens with zero attached hydrogens (tertiary/aromatic N) is 2. The van der Waals surface area contributed by atoms with E-state index in [0.29, 0.717) is 26.2 Å². The zero-order valence-electron chi connectivity index (χ0n) is 14.1. The second-order valence-corrected chi connectivity index (χ2v) is 6.74. The summed E-state index contributed by atoms with van der Waals surface area (Å²) in [4.78, 5) is 28.8. The van der Waals surface area contributed by atoms with Crippen LogP contribution in [-0.4, -0.2) is 21.0 Å². The zero-order chi connectivity index (χ0) is 19.3. The molecule has 1 amide bonds. The van der Waals surface area contributed by atoms with Crippen LogP contribution in [0.1, 0.15) is 40.8 Å². The monoisotopic (exact) mass is 386 g/mol. The topological polar surface area (TPSA) is 112 Å². The van der Waals surface area contributed by atoms with E-state index in [9.17, 15) is 19.9 Å². The van der Waals surface area contributed by atoms with E-state index < -0.39 is 23.6 Å². The molecule has 3 aromatic rings. The summed E-state index contributed by atoms with van der Waals surface area (Å²) in [7, 11) is 0. The predicted molar refractivity (Wildman–Crippen MR) is 97.7 cm³/mol. The molecule has 0 fully saturated rings. The van der Waals surface area contributed by atoms with Gasteiger partial charge in [-0.2, -0.15) is 10.2 Å². The molecule has 2 atom stereocenters. The standard InChI is InChI=1S/C18H15ClN4O4/c1-9(10-4-6-22(27)7-5-10)23-18(26)14-15(17(25)21-23)20-13-8-11(19)2-3-12(13)16(14)24/h2-9,17,21,25H,1H3,(H,20,24). The lowest BCUT2D eigenvalue weighted by Gasteiger charge is -2.36. The average Bonchev–Trinajstić information content (AvgIpc) is 2.64. The number of hydrogen-bond donors (Lipinski definition) is 3. The Balaban J connectivity index is 1.82. The fraction of sp³-hybridized carbons (Fsp3) is 0.167. The Bertz CT molecular complexity index is 1110. The molecule has 0 saturated heterocycles. The van der Waals surface area contributed by atoms with Crippen molar-refractivity contribution in [2.75, 3.05) is 0 Å². The maximum atomic E-state index is 13.0. The number of benzene rings is 1. The Morgan fingerprint density at radius 2 is 1.96 bits per heavy atom. The lowest BCUT2D eigenvalue weighted by Crippen LogP contribution is -2.52. The summed E-state index contributed by atoms with van der Waals surface area (Å²) in [5.41, 5.74) is 3.28. The van der Waals surface area contributed by atoms with E-state index in [0.717, 1.165) is 0 Å². The third-order valence-electron chi connectivity index (χ3n) is 4.66. The number of aromatic amines is 1. The highest BCUT2D eigenvalue weighted by Crippen LogP contribution is 2.28. The lowest BCUT2D eigenvalue weighted by atomic mass is 10.0. The van der Waals surface area contributed by atoms with E-state index in [1.165, 1.54) is 23.5 Å². The minimum atomic E-state index is -1.29. The summed E-state index contributed by atoms with van der Waals surface area (Å²) in [6, 6.07) is 7.28. The number of hydrazine groups is 1. The van der Waals surface area contributed by atoms with Crippen molar-refractivity contribution >= 4 is 28.4 Å². The van der Waals surface area contributed by atoms with Crippen LogP contribution in [-0.2, 0) is 0 Å². The second kappa shape index (κ2) is 6.34. The smallest absolute Gasteiger partial charge is 0.274 e. The molecule has 0 spiro atoms. The number of H-pyrrole nitrogens is 1. The van der Waals surface area contributed by atoms with E-state index in [1.54, 1.807) is 31.2 Å². The Morgan fingerprint density at radius 1 is 1.26 bits per heavy atom. The third-order valence-corrected chi connectivity index (χ3v) is 4.89. The number of carbonyl (C=O) groups excluding carboxylic acids is 1. The summed E-state index contributed by atoms with van der Waals surface area (Å²) >= 11 is 5.96. The highest BCUT2D eigenvalue weighted by Gasteiger charge is 2.36. The van der Waals surface area contributed by atoms with Crippen molar-refractivity contribution < 1.29 is 14.6 Å². The van der Waals surface area contributed by atoms with Gasteiger partial charge in [0.15, 0.2) is 18.6 Å². The van der Waals surface area contributed by atoms with Gasteiger partial charge in [-0.3, -0.25) is 14.6 Å². The number of amides is 1. The number of carbonyl (C=O) groups is 1. The van der Waals surface area contributed by atoms with Gasteiger partial charge in [0.2, 0.25) is 5.43 Å². The molecule has 1 aliphatic heterocycles. The summed E-state index contributed by atoms with van der Waals surface area (Å²) in [5, 5.41) is 23.6. The van der Waals surface area contributed by atoms with Crippen LogP contribution in [0.4, 0.5) is 0 Å². The van der Waals surface area contributed by atoms with Crippen LogP contribution in [0.15, 0.2) is 47.5 Å². The van der Waals surface area contributed by atoms with Gasteiger partial charge in [0.1, 0.15) is 5.56 Å². The molecular weight excluding hydrogens is 372 g/mol. The van der Waals surface area contributed by atoms with E-state index in [2.05, 4.69) is 10.4 Å². The van der Waals surface area contributed by atoms with Crippen molar-refractivity contribution in [3.05, 3.63) is 80.0 Å². The molecule has 138 valence electrons.